The standard InChI is InChI=1S/C19H30FNO2/c1-7-8-9-16(18(22)21-23-19(4,5)6)12-15-10-13(2)17(20)14(3)11-15/h10-11,16H,7-9,12H2,1-6H3,(H,21,22)/t16-/m0/s1. The molecule has 0 unspecified atom stereocenters. The fourth-order valence-electron chi connectivity index (χ4n) is 2.50. The highest BCUT2D eigenvalue weighted by atomic mass is 19.1. The molecule has 0 aromatic heterocycles. The van der Waals surface area contributed by atoms with Crippen molar-refractivity contribution in [2.45, 2.75) is 72.8 Å². The van der Waals surface area contributed by atoms with E-state index in [9.17, 15) is 9.18 Å². The van der Waals surface area contributed by atoms with E-state index < -0.39 is 5.60 Å². The van der Waals surface area contributed by atoms with E-state index in [-0.39, 0.29) is 17.6 Å². The third kappa shape index (κ3) is 6.69. The summed E-state index contributed by atoms with van der Waals surface area (Å²) in [7, 11) is 0. The number of halogens is 1. The first-order chi connectivity index (χ1) is 10.6. The molecular weight excluding hydrogens is 293 g/mol. The molecule has 1 aromatic rings. The number of rotatable bonds is 7. The van der Waals surface area contributed by atoms with Crippen molar-refractivity contribution in [3.05, 3.63) is 34.6 Å². The number of aryl methyl sites for hydroxylation is 2. The van der Waals surface area contributed by atoms with Crippen LogP contribution in [-0.4, -0.2) is 11.5 Å². The maximum atomic E-state index is 13.8. The molecule has 0 saturated heterocycles. The molecule has 1 N–H and O–H groups in total. The summed E-state index contributed by atoms with van der Waals surface area (Å²) in [5.74, 6) is -0.436. The zero-order valence-corrected chi connectivity index (χ0v) is 15.3. The van der Waals surface area contributed by atoms with Crippen LogP contribution in [0.5, 0.6) is 0 Å². The van der Waals surface area contributed by atoms with E-state index >= 15 is 0 Å². The van der Waals surface area contributed by atoms with Gasteiger partial charge in [0, 0.05) is 5.92 Å². The predicted molar refractivity (Wildman–Crippen MR) is 91.6 cm³/mol. The van der Waals surface area contributed by atoms with E-state index in [0.717, 1.165) is 24.8 Å². The molecule has 4 heteroatoms. The molecule has 0 aliphatic carbocycles. The number of hydrogen-bond donors (Lipinski definition) is 1. The summed E-state index contributed by atoms with van der Waals surface area (Å²) in [4.78, 5) is 17.8. The smallest absolute Gasteiger partial charge is 0.246 e. The number of carbonyl (C=O) groups is 1. The number of nitrogens with one attached hydrogen (secondary N) is 1. The molecule has 0 fully saturated rings. The molecule has 1 atom stereocenters. The first-order valence-electron chi connectivity index (χ1n) is 8.37. The Hall–Kier alpha value is -1.42. The van der Waals surface area contributed by atoms with Gasteiger partial charge in [-0.1, -0.05) is 31.9 Å². The van der Waals surface area contributed by atoms with E-state index in [1.807, 2.05) is 32.9 Å². The van der Waals surface area contributed by atoms with Gasteiger partial charge in [0.2, 0.25) is 5.91 Å². The number of carbonyl (C=O) groups excluding carboxylic acids is 1. The van der Waals surface area contributed by atoms with Gasteiger partial charge in [-0.25, -0.2) is 9.87 Å². The van der Waals surface area contributed by atoms with Crippen LogP contribution in [-0.2, 0) is 16.1 Å². The average molecular weight is 323 g/mol. The highest BCUT2D eigenvalue weighted by Crippen LogP contribution is 2.21. The summed E-state index contributed by atoms with van der Waals surface area (Å²) >= 11 is 0. The second-order valence-corrected chi connectivity index (χ2v) is 7.27. The molecule has 3 nitrogen and oxygen atoms in total. The maximum Gasteiger partial charge on any atom is 0.246 e. The molecule has 23 heavy (non-hydrogen) atoms. The number of hydrogen-bond acceptors (Lipinski definition) is 2. The minimum absolute atomic E-state index is 0.104. The Bertz CT molecular complexity index is 512. The Kier molecular flexibility index (Phi) is 7.20. The number of benzene rings is 1. The summed E-state index contributed by atoms with van der Waals surface area (Å²) in [5, 5.41) is 0. The quantitative estimate of drug-likeness (QED) is 0.743. The van der Waals surface area contributed by atoms with Crippen molar-refractivity contribution in [1.82, 2.24) is 5.48 Å². The summed E-state index contributed by atoms with van der Waals surface area (Å²) < 4.78 is 13.8. The van der Waals surface area contributed by atoms with Crippen LogP contribution in [0.25, 0.3) is 0 Å². The van der Waals surface area contributed by atoms with Crippen molar-refractivity contribution in [1.29, 1.82) is 0 Å². The van der Waals surface area contributed by atoms with E-state index in [1.54, 1.807) is 13.8 Å². The van der Waals surface area contributed by atoms with Crippen LogP contribution in [0.1, 0.15) is 63.6 Å². The Balaban J connectivity index is 2.83. The Labute approximate surface area is 139 Å². The molecule has 0 bridgehead atoms. The lowest BCUT2D eigenvalue weighted by Crippen LogP contribution is -2.38. The zero-order chi connectivity index (χ0) is 17.6. The van der Waals surface area contributed by atoms with E-state index in [1.165, 1.54) is 0 Å². The highest BCUT2D eigenvalue weighted by molar-refractivity contribution is 5.78. The van der Waals surface area contributed by atoms with Crippen LogP contribution in [0.2, 0.25) is 0 Å². The second-order valence-electron chi connectivity index (χ2n) is 7.27. The Morgan fingerprint density at radius 3 is 2.30 bits per heavy atom. The minimum atomic E-state index is -0.423. The van der Waals surface area contributed by atoms with Gasteiger partial charge < -0.3 is 0 Å². The molecule has 0 saturated carbocycles. The fraction of sp³-hybridized carbons (Fsp3) is 0.632. The summed E-state index contributed by atoms with van der Waals surface area (Å²) in [6.07, 6.45) is 3.41. The maximum absolute atomic E-state index is 13.8. The molecule has 1 amide bonds. The van der Waals surface area contributed by atoms with Gasteiger partial charge in [0.1, 0.15) is 5.82 Å². The average Bonchev–Trinajstić information content (AvgIpc) is 2.45. The third-order valence-corrected chi connectivity index (χ3v) is 3.71. The van der Waals surface area contributed by atoms with E-state index in [0.29, 0.717) is 17.5 Å². The first-order valence-corrected chi connectivity index (χ1v) is 8.37. The molecule has 1 aromatic carbocycles. The second kappa shape index (κ2) is 8.44. The predicted octanol–water partition coefficient (Wildman–Crippen LogP) is 4.64. The SMILES string of the molecule is CCCC[C@@H](Cc1cc(C)c(F)c(C)c1)C(=O)NOC(C)(C)C. The summed E-state index contributed by atoms with van der Waals surface area (Å²) in [6, 6.07) is 3.67. The van der Waals surface area contributed by atoms with E-state index in [4.69, 9.17) is 4.84 Å². The van der Waals surface area contributed by atoms with Gasteiger partial charge in [-0.15, -0.1) is 0 Å². The largest absolute Gasteiger partial charge is 0.272 e. The Morgan fingerprint density at radius 2 is 1.83 bits per heavy atom. The van der Waals surface area contributed by atoms with Crippen LogP contribution in [0.3, 0.4) is 0 Å². The summed E-state index contributed by atoms with van der Waals surface area (Å²) in [5.41, 5.74) is 4.40. The van der Waals surface area contributed by atoms with Crippen molar-refractivity contribution >= 4 is 5.91 Å². The van der Waals surface area contributed by atoms with Gasteiger partial charge in [0.25, 0.3) is 0 Å². The van der Waals surface area contributed by atoms with Crippen LogP contribution in [0.15, 0.2) is 12.1 Å². The van der Waals surface area contributed by atoms with Crippen molar-refractivity contribution in [3.63, 3.8) is 0 Å². The Morgan fingerprint density at radius 1 is 1.26 bits per heavy atom. The zero-order valence-electron chi connectivity index (χ0n) is 15.3. The molecule has 0 heterocycles. The normalized spacial score (nSPS) is 13.0. The lowest BCUT2D eigenvalue weighted by Gasteiger charge is -2.22. The molecule has 0 aliphatic rings. The number of unbranched alkanes of at least 4 members (excludes halogenated alkanes) is 1. The van der Waals surface area contributed by atoms with E-state index in [2.05, 4.69) is 12.4 Å². The molecule has 130 valence electrons. The summed E-state index contributed by atoms with van der Waals surface area (Å²) in [6.45, 7) is 11.3. The number of hydroxylamine groups is 1. The van der Waals surface area contributed by atoms with Crippen LogP contribution < -0.4 is 5.48 Å². The molecular formula is C19H30FNO2. The molecule has 0 spiro atoms. The minimum Gasteiger partial charge on any atom is -0.272 e. The van der Waals surface area contributed by atoms with Gasteiger partial charge in [-0.2, -0.15) is 0 Å². The van der Waals surface area contributed by atoms with Gasteiger partial charge in [0.05, 0.1) is 5.60 Å². The van der Waals surface area contributed by atoms with Gasteiger partial charge in [-0.05, 0) is 64.2 Å². The monoisotopic (exact) mass is 323 g/mol. The van der Waals surface area contributed by atoms with Crippen LogP contribution in [0.4, 0.5) is 4.39 Å². The van der Waals surface area contributed by atoms with Crippen molar-refractivity contribution in [2.75, 3.05) is 0 Å². The topological polar surface area (TPSA) is 38.3 Å². The van der Waals surface area contributed by atoms with Crippen molar-refractivity contribution in [3.8, 4) is 0 Å². The highest BCUT2D eigenvalue weighted by Gasteiger charge is 2.22. The van der Waals surface area contributed by atoms with Crippen LogP contribution >= 0.6 is 0 Å². The lowest BCUT2D eigenvalue weighted by atomic mass is 9.92. The molecule has 1 rings (SSSR count). The van der Waals surface area contributed by atoms with Gasteiger partial charge in [0.15, 0.2) is 0 Å². The molecule has 0 aliphatic heterocycles. The van der Waals surface area contributed by atoms with Crippen molar-refractivity contribution in [2.24, 2.45) is 5.92 Å². The lowest BCUT2D eigenvalue weighted by molar-refractivity contribution is -0.150. The molecule has 0 radical (unpaired) electrons. The first kappa shape index (κ1) is 19.6. The third-order valence-electron chi connectivity index (χ3n) is 3.71. The van der Waals surface area contributed by atoms with Crippen LogP contribution in [0, 0.1) is 25.6 Å². The fourth-order valence-corrected chi connectivity index (χ4v) is 2.50. The van der Waals surface area contributed by atoms with Gasteiger partial charge in [-0.3, -0.25) is 9.63 Å². The van der Waals surface area contributed by atoms with Crippen molar-refractivity contribution < 1.29 is 14.0 Å². The van der Waals surface area contributed by atoms with Gasteiger partial charge >= 0.3 is 0 Å². The number of amides is 1.